The van der Waals surface area contributed by atoms with Gasteiger partial charge in [-0.3, -0.25) is 0 Å². The van der Waals surface area contributed by atoms with Gasteiger partial charge in [-0.1, -0.05) is 11.6 Å². The molecule has 0 aromatic carbocycles. The van der Waals surface area contributed by atoms with Gasteiger partial charge in [-0.05, 0) is 6.92 Å². The van der Waals surface area contributed by atoms with Gasteiger partial charge in [0.25, 0.3) is 5.63 Å². The van der Waals surface area contributed by atoms with Crippen LogP contribution in [0.15, 0.2) is 0 Å². The SMILES string of the molecule is CC1CN1C(F)(F)C(F)Cl. The van der Waals surface area contributed by atoms with Crippen molar-refractivity contribution in [1.29, 1.82) is 0 Å². The van der Waals surface area contributed by atoms with Gasteiger partial charge < -0.3 is 0 Å². The largest absolute Gasteiger partial charge is 0.350 e. The normalized spacial score (nSPS) is 35.7. The van der Waals surface area contributed by atoms with Crippen LogP contribution in [-0.4, -0.2) is 29.2 Å². The Morgan fingerprint density at radius 2 is 2.10 bits per heavy atom. The fourth-order valence-corrected chi connectivity index (χ4v) is 0.904. The van der Waals surface area contributed by atoms with Crippen molar-refractivity contribution in [3.05, 3.63) is 0 Å². The summed E-state index contributed by atoms with van der Waals surface area (Å²) in [6.07, 6.45) is 0. The molecule has 1 heterocycles. The molecule has 1 saturated heterocycles. The molecule has 1 rings (SSSR count). The zero-order valence-electron chi connectivity index (χ0n) is 5.32. The predicted octanol–water partition coefficient (Wildman–Crippen LogP) is 1.82. The van der Waals surface area contributed by atoms with Gasteiger partial charge in [-0.25, -0.2) is 9.29 Å². The first-order valence-corrected chi connectivity index (χ1v) is 3.32. The molecule has 0 spiro atoms. The quantitative estimate of drug-likeness (QED) is 0.350. The predicted molar refractivity (Wildman–Crippen MR) is 31.9 cm³/mol. The van der Waals surface area contributed by atoms with Gasteiger partial charge in [0, 0.05) is 12.6 Å². The number of nitrogens with zero attached hydrogens (tertiary/aromatic N) is 1. The second-order valence-electron chi connectivity index (χ2n) is 2.39. The summed E-state index contributed by atoms with van der Waals surface area (Å²) in [5, 5.41) is 0. The number of rotatable bonds is 2. The van der Waals surface area contributed by atoms with Crippen molar-refractivity contribution in [2.45, 2.75) is 24.6 Å². The van der Waals surface area contributed by atoms with Gasteiger partial charge in [-0.15, -0.1) is 0 Å². The van der Waals surface area contributed by atoms with Crippen LogP contribution in [0, 0.1) is 0 Å². The topological polar surface area (TPSA) is 3.01 Å². The first-order chi connectivity index (χ1) is 4.46. The van der Waals surface area contributed by atoms with Crippen molar-refractivity contribution in [2.75, 3.05) is 6.54 Å². The summed E-state index contributed by atoms with van der Waals surface area (Å²) < 4.78 is 36.7. The minimum atomic E-state index is -3.49. The Bertz CT molecular complexity index is 139. The van der Waals surface area contributed by atoms with E-state index in [0.717, 1.165) is 0 Å². The minimum absolute atomic E-state index is 0.222. The van der Waals surface area contributed by atoms with Gasteiger partial charge in [0.05, 0.1) is 0 Å². The van der Waals surface area contributed by atoms with E-state index in [1.807, 2.05) is 0 Å². The zero-order valence-corrected chi connectivity index (χ0v) is 6.08. The maximum Gasteiger partial charge on any atom is 0.350 e. The van der Waals surface area contributed by atoms with Gasteiger partial charge >= 0.3 is 6.05 Å². The molecule has 10 heavy (non-hydrogen) atoms. The fraction of sp³-hybridized carbons (Fsp3) is 1.00. The molecule has 0 saturated carbocycles. The molecule has 0 bridgehead atoms. The van der Waals surface area contributed by atoms with Gasteiger partial charge in [0.15, 0.2) is 0 Å². The average molecular weight is 174 g/mol. The van der Waals surface area contributed by atoms with E-state index in [1.54, 1.807) is 6.92 Å². The molecule has 1 fully saturated rings. The monoisotopic (exact) mass is 173 g/mol. The van der Waals surface area contributed by atoms with E-state index < -0.39 is 11.7 Å². The molecule has 0 aromatic rings. The van der Waals surface area contributed by atoms with Crippen LogP contribution >= 0.6 is 11.6 Å². The van der Waals surface area contributed by atoms with E-state index in [9.17, 15) is 13.2 Å². The van der Waals surface area contributed by atoms with E-state index in [-0.39, 0.29) is 12.6 Å². The molecule has 5 heteroatoms. The van der Waals surface area contributed by atoms with E-state index in [4.69, 9.17) is 0 Å². The molecule has 3 atom stereocenters. The molecule has 0 amide bonds. The molecule has 60 valence electrons. The van der Waals surface area contributed by atoms with Crippen molar-refractivity contribution in [3.8, 4) is 0 Å². The Balaban J connectivity index is 2.52. The molecule has 3 unspecified atom stereocenters. The van der Waals surface area contributed by atoms with Crippen LogP contribution in [0.2, 0.25) is 0 Å². The molecule has 0 radical (unpaired) electrons. The molecule has 1 aliphatic heterocycles. The molecular formula is C5H7ClF3N. The molecule has 0 aliphatic carbocycles. The van der Waals surface area contributed by atoms with Crippen LogP contribution in [0.5, 0.6) is 0 Å². The molecule has 1 nitrogen and oxygen atoms in total. The maximum absolute atomic E-state index is 12.4. The van der Waals surface area contributed by atoms with Crippen LogP contribution in [0.25, 0.3) is 0 Å². The van der Waals surface area contributed by atoms with Crippen LogP contribution in [-0.2, 0) is 0 Å². The Morgan fingerprint density at radius 1 is 1.70 bits per heavy atom. The van der Waals surface area contributed by atoms with E-state index in [1.165, 1.54) is 0 Å². The number of hydrogen-bond donors (Lipinski definition) is 0. The summed E-state index contributed by atoms with van der Waals surface area (Å²) in [5.41, 5.74) is -2.60. The third kappa shape index (κ3) is 1.22. The van der Waals surface area contributed by atoms with Crippen LogP contribution in [0.1, 0.15) is 6.92 Å². The van der Waals surface area contributed by atoms with Crippen molar-refractivity contribution in [1.82, 2.24) is 4.90 Å². The van der Waals surface area contributed by atoms with Crippen molar-refractivity contribution < 1.29 is 13.2 Å². The zero-order chi connectivity index (χ0) is 7.94. The summed E-state index contributed by atoms with van der Waals surface area (Å²) in [6.45, 7) is 1.81. The average Bonchev–Trinajstić information content (AvgIpc) is 2.46. The molecule has 1 aliphatic rings. The Morgan fingerprint density at radius 3 is 2.20 bits per heavy atom. The Labute approximate surface area is 61.8 Å². The Hall–Kier alpha value is 0.0400. The summed E-state index contributed by atoms with van der Waals surface area (Å²) in [6, 6.07) is -3.73. The lowest BCUT2D eigenvalue weighted by Crippen LogP contribution is -2.35. The molecule has 0 N–H and O–H groups in total. The van der Waals surface area contributed by atoms with Crippen molar-refractivity contribution in [2.24, 2.45) is 0 Å². The lowest BCUT2D eigenvalue weighted by molar-refractivity contribution is -0.125. The highest BCUT2D eigenvalue weighted by Crippen LogP contribution is 2.37. The van der Waals surface area contributed by atoms with Crippen molar-refractivity contribution in [3.63, 3.8) is 0 Å². The van der Waals surface area contributed by atoms with E-state index in [0.29, 0.717) is 4.90 Å². The third-order valence-electron chi connectivity index (χ3n) is 1.50. The van der Waals surface area contributed by atoms with Gasteiger partial charge in [0.2, 0.25) is 0 Å². The first-order valence-electron chi connectivity index (χ1n) is 2.89. The number of alkyl halides is 4. The standard InChI is InChI=1S/C5H7ClF3N/c1-3-2-10(3)5(8,9)4(6)7/h3-4H,2H2,1H3. The van der Waals surface area contributed by atoms with Gasteiger partial charge in [-0.2, -0.15) is 8.78 Å². The first kappa shape index (κ1) is 8.14. The smallest absolute Gasteiger partial charge is 0.235 e. The molecule has 0 aromatic heterocycles. The van der Waals surface area contributed by atoms with Crippen molar-refractivity contribution >= 4 is 11.6 Å². The minimum Gasteiger partial charge on any atom is -0.235 e. The lowest BCUT2D eigenvalue weighted by atomic mass is 10.5. The highest BCUT2D eigenvalue weighted by molar-refractivity contribution is 6.20. The van der Waals surface area contributed by atoms with Crippen LogP contribution in [0.3, 0.4) is 0 Å². The summed E-state index contributed by atoms with van der Waals surface area (Å²) >= 11 is 4.61. The summed E-state index contributed by atoms with van der Waals surface area (Å²) in [4.78, 5) is 0.713. The third-order valence-corrected chi connectivity index (χ3v) is 1.77. The highest BCUT2D eigenvalue weighted by Gasteiger charge is 2.54. The second-order valence-corrected chi connectivity index (χ2v) is 2.77. The molecular weight excluding hydrogens is 167 g/mol. The Kier molecular flexibility index (Phi) is 1.85. The summed E-state index contributed by atoms with van der Waals surface area (Å²) in [5.74, 6) is 0. The number of halogens is 4. The summed E-state index contributed by atoms with van der Waals surface area (Å²) in [7, 11) is 0. The lowest BCUT2D eigenvalue weighted by Gasteiger charge is -2.17. The number of hydrogen-bond acceptors (Lipinski definition) is 1. The van der Waals surface area contributed by atoms with Gasteiger partial charge in [0.1, 0.15) is 0 Å². The van der Waals surface area contributed by atoms with Crippen LogP contribution < -0.4 is 0 Å². The fourth-order valence-electron chi connectivity index (χ4n) is 0.778. The second kappa shape index (κ2) is 2.27. The van der Waals surface area contributed by atoms with E-state index >= 15 is 0 Å². The maximum atomic E-state index is 12.4. The van der Waals surface area contributed by atoms with E-state index in [2.05, 4.69) is 11.6 Å². The van der Waals surface area contributed by atoms with Crippen LogP contribution in [0.4, 0.5) is 13.2 Å². The highest BCUT2D eigenvalue weighted by atomic mass is 35.5.